The van der Waals surface area contributed by atoms with Crippen LogP contribution >= 0.6 is 0 Å². The Balaban J connectivity index is 1.97. The van der Waals surface area contributed by atoms with E-state index < -0.39 is 30.2 Å². The molecule has 0 bridgehead atoms. The van der Waals surface area contributed by atoms with Gasteiger partial charge in [-0.15, -0.1) is 0 Å². The Bertz CT molecular complexity index is 984. The maximum absolute atomic E-state index is 14.0. The van der Waals surface area contributed by atoms with Crippen LogP contribution in [0.15, 0.2) is 41.5 Å². The topological polar surface area (TPSA) is 54.4 Å². The monoisotopic (exact) mass is 391 g/mol. The molecule has 1 aromatic heterocycles. The van der Waals surface area contributed by atoms with E-state index >= 15 is 0 Å². The SMILES string of the molecule is CC(F)(F)c1ccc2c(c1)[C@@]1(CCc3ncccc31)C(=O)NC2=NCC(F)F. The minimum Gasteiger partial charge on any atom is -0.309 e. The zero-order chi connectivity index (χ0) is 20.1. The standard InChI is InChI=1S/C20H17F4N3O/c1-19(23,24)11-4-5-12-14(9-11)20(7-6-15-13(20)3-2-8-25-15)18(28)27-17(12)26-10-16(21)22/h2-5,8-9,16H,6-7,10H2,1H3,(H,26,27,28)/t20-/m0/s1. The van der Waals surface area contributed by atoms with Gasteiger partial charge in [0.05, 0.1) is 0 Å². The predicted octanol–water partition coefficient (Wildman–Crippen LogP) is 3.57. The van der Waals surface area contributed by atoms with Gasteiger partial charge in [-0.1, -0.05) is 18.2 Å². The second-order valence-electron chi connectivity index (χ2n) is 7.09. The number of hydrogen-bond donors (Lipinski definition) is 1. The molecule has 146 valence electrons. The average Bonchev–Trinajstić information content (AvgIpc) is 3.03. The van der Waals surface area contributed by atoms with Gasteiger partial charge in [-0.25, -0.2) is 17.6 Å². The Kier molecular flexibility index (Phi) is 4.24. The molecule has 28 heavy (non-hydrogen) atoms. The number of pyridine rings is 1. The molecule has 8 heteroatoms. The largest absolute Gasteiger partial charge is 0.309 e. The second kappa shape index (κ2) is 6.39. The molecule has 1 N–H and O–H groups in total. The molecule has 0 radical (unpaired) electrons. The summed E-state index contributed by atoms with van der Waals surface area (Å²) in [4.78, 5) is 21.3. The van der Waals surface area contributed by atoms with Crippen LogP contribution in [0.5, 0.6) is 0 Å². The van der Waals surface area contributed by atoms with Gasteiger partial charge in [0.1, 0.15) is 17.8 Å². The number of hydrogen-bond acceptors (Lipinski definition) is 3. The highest BCUT2D eigenvalue weighted by Gasteiger charge is 2.52. The van der Waals surface area contributed by atoms with Gasteiger partial charge >= 0.3 is 0 Å². The lowest BCUT2D eigenvalue weighted by molar-refractivity contribution is -0.124. The van der Waals surface area contributed by atoms with Crippen molar-refractivity contribution in [2.45, 2.75) is 37.5 Å². The number of nitrogens with zero attached hydrogens (tertiary/aromatic N) is 2. The first-order chi connectivity index (χ1) is 13.2. The fraction of sp³-hybridized carbons (Fsp3) is 0.350. The Morgan fingerprint density at radius 2 is 2.07 bits per heavy atom. The van der Waals surface area contributed by atoms with Crippen LogP contribution in [0.2, 0.25) is 0 Å². The molecule has 4 rings (SSSR count). The van der Waals surface area contributed by atoms with E-state index in [9.17, 15) is 22.4 Å². The van der Waals surface area contributed by atoms with Crippen LogP contribution in [0.3, 0.4) is 0 Å². The van der Waals surface area contributed by atoms with Crippen molar-refractivity contribution in [2.24, 2.45) is 4.99 Å². The van der Waals surface area contributed by atoms with Crippen LogP contribution in [0.1, 0.15) is 41.3 Å². The van der Waals surface area contributed by atoms with Crippen molar-refractivity contribution in [2.75, 3.05) is 6.54 Å². The first kappa shape index (κ1) is 18.6. The lowest BCUT2D eigenvalue weighted by Gasteiger charge is -2.36. The number of amidine groups is 1. The molecule has 1 aromatic carbocycles. The van der Waals surface area contributed by atoms with Gasteiger partial charge in [0.15, 0.2) is 0 Å². The minimum atomic E-state index is -3.11. The van der Waals surface area contributed by atoms with Crippen molar-refractivity contribution in [1.82, 2.24) is 10.3 Å². The molecular weight excluding hydrogens is 374 g/mol. The lowest BCUT2D eigenvalue weighted by atomic mass is 9.70. The number of nitrogens with one attached hydrogen (secondary N) is 1. The first-order valence-electron chi connectivity index (χ1n) is 8.85. The summed E-state index contributed by atoms with van der Waals surface area (Å²) in [6.07, 6.45) is -0.191. The highest BCUT2D eigenvalue weighted by Crippen LogP contribution is 2.47. The third-order valence-corrected chi connectivity index (χ3v) is 5.34. The third kappa shape index (κ3) is 2.78. The molecule has 0 unspecified atom stereocenters. The maximum atomic E-state index is 14.0. The average molecular weight is 391 g/mol. The van der Waals surface area contributed by atoms with E-state index in [0.717, 1.165) is 12.6 Å². The number of aryl methyl sites for hydroxylation is 1. The van der Waals surface area contributed by atoms with Gasteiger partial charge in [0.25, 0.3) is 12.3 Å². The quantitative estimate of drug-likeness (QED) is 0.814. The van der Waals surface area contributed by atoms with Crippen molar-refractivity contribution in [3.05, 3.63) is 64.5 Å². The van der Waals surface area contributed by atoms with E-state index in [-0.39, 0.29) is 11.4 Å². The molecule has 1 amide bonds. The maximum Gasteiger partial charge on any atom is 0.270 e. The van der Waals surface area contributed by atoms with Gasteiger partial charge in [-0.3, -0.25) is 14.8 Å². The summed E-state index contributed by atoms with van der Waals surface area (Å²) in [6.45, 7) is -0.00781. The molecule has 1 spiro atoms. The molecule has 0 saturated heterocycles. The number of fused-ring (bicyclic) bond motifs is 4. The number of aliphatic imine (C=N–C) groups is 1. The van der Waals surface area contributed by atoms with Crippen molar-refractivity contribution >= 4 is 11.7 Å². The minimum absolute atomic E-state index is 0.0192. The van der Waals surface area contributed by atoms with Crippen molar-refractivity contribution in [3.63, 3.8) is 0 Å². The molecule has 1 aliphatic heterocycles. The number of carbonyl (C=O) groups excluding carboxylic acids is 1. The van der Waals surface area contributed by atoms with Crippen LogP contribution in [0.25, 0.3) is 0 Å². The van der Waals surface area contributed by atoms with E-state index in [2.05, 4.69) is 15.3 Å². The van der Waals surface area contributed by atoms with E-state index in [0.29, 0.717) is 29.5 Å². The summed E-state index contributed by atoms with van der Waals surface area (Å²) in [5.41, 5.74) is 0.679. The number of alkyl halides is 4. The van der Waals surface area contributed by atoms with Crippen LogP contribution in [0, 0.1) is 0 Å². The normalized spacial score (nSPS) is 22.5. The molecule has 0 saturated carbocycles. The summed E-state index contributed by atoms with van der Waals surface area (Å²) in [6, 6.07) is 7.41. The number of aromatic nitrogens is 1. The fourth-order valence-corrected chi connectivity index (χ4v) is 4.05. The van der Waals surface area contributed by atoms with E-state index in [1.165, 1.54) is 18.2 Å². The lowest BCUT2D eigenvalue weighted by Crippen LogP contribution is -2.52. The van der Waals surface area contributed by atoms with Crippen molar-refractivity contribution in [1.29, 1.82) is 0 Å². The Labute approximate surface area is 158 Å². The summed E-state index contributed by atoms with van der Waals surface area (Å²) >= 11 is 0. The summed E-state index contributed by atoms with van der Waals surface area (Å²) in [7, 11) is 0. The molecular formula is C20H17F4N3O. The van der Waals surface area contributed by atoms with Crippen LogP contribution < -0.4 is 5.32 Å². The van der Waals surface area contributed by atoms with Crippen LogP contribution in [0.4, 0.5) is 17.6 Å². The van der Waals surface area contributed by atoms with Crippen molar-refractivity contribution in [3.8, 4) is 0 Å². The molecule has 2 aromatic rings. The fourth-order valence-electron chi connectivity index (χ4n) is 4.05. The Hall–Kier alpha value is -2.77. The second-order valence-corrected chi connectivity index (χ2v) is 7.09. The zero-order valence-electron chi connectivity index (χ0n) is 15.0. The summed E-state index contributed by atoms with van der Waals surface area (Å²) in [5.74, 6) is -3.59. The summed E-state index contributed by atoms with van der Waals surface area (Å²) in [5, 5.41) is 2.62. The van der Waals surface area contributed by atoms with Crippen LogP contribution in [-0.2, 0) is 22.6 Å². The Morgan fingerprint density at radius 3 is 2.79 bits per heavy atom. The summed E-state index contributed by atoms with van der Waals surface area (Å²) < 4.78 is 53.3. The van der Waals surface area contributed by atoms with Crippen LogP contribution in [-0.4, -0.2) is 29.7 Å². The number of carbonyl (C=O) groups is 1. The van der Waals surface area contributed by atoms with Gasteiger partial charge < -0.3 is 5.32 Å². The molecule has 1 aliphatic carbocycles. The first-order valence-corrected chi connectivity index (χ1v) is 8.85. The van der Waals surface area contributed by atoms with Gasteiger partial charge in [0, 0.05) is 29.9 Å². The van der Waals surface area contributed by atoms with Gasteiger partial charge in [-0.05, 0) is 36.1 Å². The van der Waals surface area contributed by atoms with Gasteiger partial charge in [-0.2, -0.15) is 0 Å². The molecule has 1 atom stereocenters. The van der Waals surface area contributed by atoms with E-state index in [4.69, 9.17) is 0 Å². The van der Waals surface area contributed by atoms with E-state index in [1.807, 2.05) is 0 Å². The number of benzene rings is 1. The number of halogens is 4. The number of rotatable bonds is 3. The predicted molar refractivity (Wildman–Crippen MR) is 94.9 cm³/mol. The van der Waals surface area contributed by atoms with Crippen molar-refractivity contribution < 1.29 is 22.4 Å². The molecule has 4 nitrogen and oxygen atoms in total. The highest BCUT2D eigenvalue weighted by molar-refractivity contribution is 6.17. The number of amides is 1. The molecule has 0 fully saturated rings. The zero-order valence-corrected chi connectivity index (χ0v) is 15.0. The highest BCUT2D eigenvalue weighted by atomic mass is 19.3. The third-order valence-electron chi connectivity index (χ3n) is 5.34. The van der Waals surface area contributed by atoms with E-state index in [1.54, 1.807) is 18.3 Å². The molecule has 2 aliphatic rings. The smallest absolute Gasteiger partial charge is 0.270 e. The Morgan fingerprint density at radius 1 is 1.29 bits per heavy atom. The van der Waals surface area contributed by atoms with Gasteiger partial charge in [0.2, 0.25) is 5.91 Å². The molecule has 2 heterocycles.